The van der Waals surface area contributed by atoms with Crippen LogP contribution in [-0.2, 0) is 6.54 Å². The van der Waals surface area contributed by atoms with Crippen LogP contribution in [0.15, 0.2) is 24.3 Å². The Bertz CT molecular complexity index is 304. The summed E-state index contributed by atoms with van der Waals surface area (Å²) in [4.78, 5) is 0. The highest BCUT2D eigenvalue weighted by Crippen LogP contribution is 2.12. The van der Waals surface area contributed by atoms with E-state index >= 15 is 0 Å². The van der Waals surface area contributed by atoms with Crippen molar-refractivity contribution in [1.29, 1.82) is 0 Å². The van der Waals surface area contributed by atoms with Crippen LogP contribution in [0.1, 0.15) is 25.3 Å². The van der Waals surface area contributed by atoms with Crippen molar-refractivity contribution in [1.82, 2.24) is 5.32 Å². The highest BCUT2D eigenvalue weighted by Gasteiger charge is 2.01. The first-order chi connectivity index (χ1) is 7.76. The standard InChI is InChI=1S/C13H20ClNO/c1-11(5-4-8-14)15-10-12-6-3-7-13(9-12)16-2/h3,6-7,9,11,15H,4-5,8,10H2,1-2H3. The quantitative estimate of drug-likeness (QED) is 0.741. The van der Waals surface area contributed by atoms with Gasteiger partial charge in [0.2, 0.25) is 0 Å². The summed E-state index contributed by atoms with van der Waals surface area (Å²) in [5.74, 6) is 1.65. The lowest BCUT2D eigenvalue weighted by Crippen LogP contribution is -2.25. The van der Waals surface area contributed by atoms with Gasteiger partial charge in [-0.2, -0.15) is 0 Å². The fourth-order valence-corrected chi connectivity index (χ4v) is 1.71. The summed E-state index contributed by atoms with van der Waals surface area (Å²) in [5.41, 5.74) is 1.25. The molecule has 1 rings (SSSR count). The van der Waals surface area contributed by atoms with Gasteiger partial charge >= 0.3 is 0 Å². The molecule has 0 radical (unpaired) electrons. The van der Waals surface area contributed by atoms with E-state index in [1.165, 1.54) is 5.56 Å². The second kappa shape index (κ2) is 7.53. The van der Waals surface area contributed by atoms with E-state index in [1.807, 2.05) is 12.1 Å². The summed E-state index contributed by atoms with van der Waals surface area (Å²) in [6.07, 6.45) is 2.18. The fourth-order valence-electron chi connectivity index (χ4n) is 1.56. The molecule has 1 aromatic rings. The van der Waals surface area contributed by atoms with E-state index in [-0.39, 0.29) is 0 Å². The van der Waals surface area contributed by atoms with Crippen molar-refractivity contribution in [3.05, 3.63) is 29.8 Å². The maximum atomic E-state index is 5.66. The van der Waals surface area contributed by atoms with Crippen LogP contribution in [0.5, 0.6) is 5.75 Å². The molecule has 0 aromatic heterocycles. The largest absolute Gasteiger partial charge is 0.497 e. The number of methoxy groups -OCH3 is 1. The molecule has 1 N–H and O–H groups in total. The number of hydrogen-bond donors (Lipinski definition) is 1. The van der Waals surface area contributed by atoms with Crippen LogP contribution >= 0.6 is 11.6 Å². The molecule has 16 heavy (non-hydrogen) atoms. The van der Waals surface area contributed by atoms with Crippen LogP contribution in [0.2, 0.25) is 0 Å². The Balaban J connectivity index is 2.35. The molecule has 0 aliphatic carbocycles. The summed E-state index contributed by atoms with van der Waals surface area (Å²) in [7, 11) is 1.69. The van der Waals surface area contributed by atoms with Gasteiger partial charge < -0.3 is 10.1 Å². The Morgan fingerprint density at radius 1 is 1.44 bits per heavy atom. The van der Waals surface area contributed by atoms with Gasteiger partial charge in [0.1, 0.15) is 5.75 Å². The maximum Gasteiger partial charge on any atom is 0.119 e. The molecule has 0 bridgehead atoms. The zero-order valence-electron chi connectivity index (χ0n) is 10.0. The van der Waals surface area contributed by atoms with Crippen LogP contribution in [0, 0.1) is 0 Å². The SMILES string of the molecule is COc1cccc(CNC(C)CCCCl)c1. The molecule has 1 aromatic carbocycles. The zero-order chi connectivity index (χ0) is 11.8. The minimum atomic E-state index is 0.505. The summed E-state index contributed by atoms with van der Waals surface area (Å²) in [6.45, 7) is 3.06. The first kappa shape index (κ1) is 13.3. The van der Waals surface area contributed by atoms with Gasteiger partial charge in [-0.1, -0.05) is 12.1 Å². The zero-order valence-corrected chi connectivity index (χ0v) is 10.8. The second-order valence-electron chi connectivity index (χ2n) is 3.96. The predicted octanol–water partition coefficient (Wildman–Crippen LogP) is 3.19. The number of benzene rings is 1. The molecule has 0 amide bonds. The number of alkyl halides is 1. The van der Waals surface area contributed by atoms with Crippen molar-refractivity contribution in [3.63, 3.8) is 0 Å². The topological polar surface area (TPSA) is 21.3 Å². The van der Waals surface area contributed by atoms with Crippen LogP contribution in [-0.4, -0.2) is 19.0 Å². The van der Waals surface area contributed by atoms with Crippen LogP contribution in [0.25, 0.3) is 0 Å². The molecule has 0 aliphatic rings. The van der Waals surface area contributed by atoms with E-state index in [2.05, 4.69) is 24.4 Å². The van der Waals surface area contributed by atoms with Crippen molar-refractivity contribution < 1.29 is 4.74 Å². The number of ether oxygens (including phenoxy) is 1. The minimum absolute atomic E-state index is 0.505. The van der Waals surface area contributed by atoms with Gasteiger partial charge in [0.25, 0.3) is 0 Å². The van der Waals surface area contributed by atoms with Gasteiger partial charge in [0, 0.05) is 18.5 Å². The summed E-state index contributed by atoms with van der Waals surface area (Å²) >= 11 is 5.66. The average molecular weight is 242 g/mol. The van der Waals surface area contributed by atoms with Gasteiger partial charge in [-0.15, -0.1) is 11.6 Å². The van der Waals surface area contributed by atoms with Crippen molar-refractivity contribution in [2.24, 2.45) is 0 Å². The van der Waals surface area contributed by atoms with E-state index in [0.29, 0.717) is 6.04 Å². The molecule has 0 heterocycles. The highest BCUT2D eigenvalue weighted by molar-refractivity contribution is 6.17. The van der Waals surface area contributed by atoms with Crippen LogP contribution in [0.4, 0.5) is 0 Å². The Labute approximate surface area is 103 Å². The molecule has 3 heteroatoms. The Kier molecular flexibility index (Phi) is 6.27. The number of halogens is 1. The smallest absolute Gasteiger partial charge is 0.119 e. The Morgan fingerprint density at radius 2 is 2.25 bits per heavy atom. The number of rotatable bonds is 7. The molecule has 2 nitrogen and oxygen atoms in total. The van der Waals surface area contributed by atoms with Crippen LogP contribution in [0.3, 0.4) is 0 Å². The molecule has 0 spiro atoms. The molecule has 90 valence electrons. The molecule has 0 saturated heterocycles. The summed E-state index contributed by atoms with van der Waals surface area (Å²) in [5, 5.41) is 3.47. The van der Waals surface area contributed by atoms with Crippen molar-refractivity contribution in [2.45, 2.75) is 32.4 Å². The van der Waals surface area contributed by atoms with Crippen LogP contribution < -0.4 is 10.1 Å². The monoisotopic (exact) mass is 241 g/mol. The van der Waals surface area contributed by atoms with Gasteiger partial charge in [0.15, 0.2) is 0 Å². The van der Waals surface area contributed by atoms with E-state index in [9.17, 15) is 0 Å². The Morgan fingerprint density at radius 3 is 2.94 bits per heavy atom. The van der Waals surface area contributed by atoms with Gasteiger partial charge in [0.05, 0.1) is 7.11 Å². The van der Waals surface area contributed by atoms with Gasteiger partial charge in [-0.3, -0.25) is 0 Å². The predicted molar refractivity (Wildman–Crippen MR) is 69.2 cm³/mol. The third-order valence-corrected chi connectivity index (χ3v) is 2.83. The molecule has 0 fully saturated rings. The molecule has 0 aliphatic heterocycles. The lowest BCUT2D eigenvalue weighted by atomic mass is 10.1. The first-order valence-electron chi connectivity index (χ1n) is 5.68. The summed E-state index contributed by atoms with van der Waals surface area (Å²) in [6, 6.07) is 8.63. The van der Waals surface area contributed by atoms with Gasteiger partial charge in [-0.25, -0.2) is 0 Å². The molecule has 0 saturated carbocycles. The second-order valence-corrected chi connectivity index (χ2v) is 4.34. The normalized spacial score (nSPS) is 12.4. The lowest BCUT2D eigenvalue weighted by molar-refractivity contribution is 0.413. The van der Waals surface area contributed by atoms with E-state index < -0.39 is 0 Å². The minimum Gasteiger partial charge on any atom is -0.497 e. The van der Waals surface area contributed by atoms with E-state index in [1.54, 1.807) is 7.11 Å². The molecular weight excluding hydrogens is 222 g/mol. The van der Waals surface area contributed by atoms with Crippen molar-refractivity contribution in [2.75, 3.05) is 13.0 Å². The third kappa shape index (κ3) is 4.86. The molecular formula is C13H20ClNO. The lowest BCUT2D eigenvalue weighted by Gasteiger charge is -2.13. The third-order valence-electron chi connectivity index (χ3n) is 2.56. The highest BCUT2D eigenvalue weighted by atomic mass is 35.5. The summed E-state index contributed by atoms with van der Waals surface area (Å²) < 4.78 is 5.18. The van der Waals surface area contributed by atoms with E-state index in [0.717, 1.165) is 31.0 Å². The van der Waals surface area contributed by atoms with Gasteiger partial charge in [-0.05, 0) is 37.5 Å². The maximum absolute atomic E-state index is 5.66. The van der Waals surface area contributed by atoms with Crippen molar-refractivity contribution >= 4 is 11.6 Å². The van der Waals surface area contributed by atoms with E-state index in [4.69, 9.17) is 16.3 Å². The average Bonchev–Trinajstić information content (AvgIpc) is 2.34. The first-order valence-corrected chi connectivity index (χ1v) is 6.22. The van der Waals surface area contributed by atoms with Crippen molar-refractivity contribution in [3.8, 4) is 5.75 Å². The fraction of sp³-hybridized carbons (Fsp3) is 0.538. The molecule has 1 atom stereocenters. The Hall–Kier alpha value is -0.730. The number of hydrogen-bond acceptors (Lipinski definition) is 2. The molecule has 1 unspecified atom stereocenters. The number of nitrogens with one attached hydrogen (secondary N) is 1.